The molecule has 0 saturated carbocycles. The van der Waals surface area contributed by atoms with Crippen LogP contribution in [-0.2, 0) is 13.1 Å². The van der Waals surface area contributed by atoms with Crippen molar-refractivity contribution in [2.75, 3.05) is 7.05 Å². The Labute approximate surface area is 112 Å². The van der Waals surface area contributed by atoms with Gasteiger partial charge in [0.1, 0.15) is 11.8 Å². The van der Waals surface area contributed by atoms with Crippen molar-refractivity contribution in [2.24, 2.45) is 0 Å². The molecule has 2 rings (SSSR count). The molecular formula is C14H17N5. The van der Waals surface area contributed by atoms with Crippen molar-refractivity contribution in [2.45, 2.75) is 26.9 Å². The first kappa shape index (κ1) is 13.2. The second-order valence-corrected chi connectivity index (χ2v) is 4.50. The number of nitriles is 1. The van der Waals surface area contributed by atoms with Gasteiger partial charge in [-0.1, -0.05) is 0 Å². The van der Waals surface area contributed by atoms with Crippen LogP contribution in [0.5, 0.6) is 0 Å². The third-order valence-corrected chi connectivity index (χ3v) is 3.16. The molecule has 5 heteroatoms. The van der Waals surface area contributed by atoms with E-state index in [9.17, 15) is 0 Å². The molecule has 19 heavy (non-hydrogen) atoms. The summed E-state index contributed by atoms with van der Waals surface area (Å²) in [6, 6.07) is 5.77. The molecule has 0 saturated heterocycles. The standard InChI is InChI=1S/C14H17N5/c1-10-14(8-16-3)11(2)19(18-10)9-12-4-5-17-13(6-12)7-15/h4-6,16H,8-9H2,1-3H3. The Morgan fingerprint density at radius 2 is 2.21 bits per heavy atom. The number of aryl methyl sites for hydroxylation is 1. The van der Waals surface area contributed by atoms with Gasteiger partial charge in [0.05, 0.1) is 12.2 Å². The number of nitrogens with zero attached hydrogens (tertiary/aromatic N) is 4. The van der Waals surface area contributed by atoms with Crippen LogP contribution in [0.15, 0.2) is 18.3 Å². The molecule has 0 unspecified atom stereocenters. The third kappa shape index (κ3) is 2.80. The lowest BCUT2D eigenvalue weighted by Gasteiger charge is -2.06. The van der Waals surface area contributed by atoms with E-state index in [0.29, 0.717) is 12.2 Å². The van der Waals surface area contributed by atoms with Crippen molar-refractivity contribution in [3.8, 4) is 6.07 Å². The van der Waals surface area contributed by atoms with Gasteiger partial charge < -0.3 is 5.32 Å². The van der Waals surface area contributed by atoms with Crippen LogP contribution in [0.2, 0.25) is 0 Å². The van der Waals surface area contributed by atoms with Crippen molar-refractivity contribution in [3.63, 3.8) is 0 Å². The molecular weight excluding hydrogens is 238 g/mol. The monoisotopic (exact) mass is 255 g/mol. The second-order valence-electron chi connectivity index (χ2n) is 4.50. The quantitative estimate of drug-likeness (QED) is 0.899. The molecule has 0 aliphatic heterocycles. The SMILES string of the molecule is CNCc1c(C)nn(Cc2ccnc(C#N)c2)c1C. The molecule has 0 aliphatic carbocycles. The van der Waals surface area contributed by atoms with Gasteiger partial charge in [-0.25, -0.2) is 4.98 Å². The summed E-state index contributed by atoms with van der Waals surface area (Å²) in [5, 5.41) is 16.6. The molecule has 5 nitrogen and oxygen atoms in total. The first-order valence-electron chi connectivity index (χ1n) is 6.18. The Morgan fingerprint density at radius 1 is 1.42 bits per heavy atom. The van der Waals surface area contributed by atoms with E-state index >= 15 is 0 Å². The number of aromatic nitrogens is 3. The maximum atomic E-state index is 8.86. The van der Waals surface area contributed by atoms with Crippen LogP contribution in [0.4, 0.5) is 0 Å². The van der Waals surface area contributed by atoms with Crippen molar-refractivity contribution in [1.82, 2.24) is 20.1 Å². The highest BCUT2D eigenvalue weighted by atomic mass is 15.3. The normalized spacial score (nSPS) is 10.4. The molecule has 0 aliphatic rings. The first-order valence-corrected chi connectivity index (χ1v) is 6.18. The Bertz CT molecular complexity index is 621. The van der Waals surface area contributed by atoms with Crippen molar-refractivity contribution >= 4 is 0 Å². The average Bonchev–Trinajstić information content (AvgIpc) is 2.67. The fourth-order valence-electron chi connectivity index (χ4n) is 2.13. The lowest BCUT2D eigenvalue weighted by molar-refractivity contribution is 0.656. The van der Waals surface area contributed by atoms with Crippen molar-refractivity contribution < 1.29 is 0 Å². The number of pyridine rings is 1. The van der Waals surface area contributed by atoms with E-state index in [2.05, 4.69) is 28.4 Å². The highest BCUT2D eigenvalue weighted by molar-refractivity contribution is 5.28. The summed E-state index contributed by atoms with van der Waals surface area (Å²) in [5.74, 6) is 0. The summed E-state index contributed by atoms with van der Waals surface area (Å²) >= 11 is 0. The second kappa shape index (κ2) is 5.63. The topological polar surface area (TPSA) is 66.5 Å². The number of hydrogen-bond donors (Lipinski definition) is 1. The Balaban J connectivity index is 2.28. The molecule has 0 amide bonds. The van der Waals surface area contributed by atoms with E-state index in [-0.39, 0.29) is 0 Å². The minimum Gasteiger partial charge on any atom is -0.316 e. The third-order valence-electron chi connectivity index (χ3n) is 3.16. The zero-order valence-corrected chi connectivity index (χ0v) is 11.4. The van der Waals surface area contributed by atoms with Gasteiger partial charge in [-0.15, -0.1) is 0 Å². The molecule has 0 radical (unpaired) electrons. The Kier molecular flexibility index (Phi) is 3.93. The summed E-state index contributed by atoms with van der Waals surface area (Å²) in [7, 11) is 1.93. The van der Waals surface area contributed by atoms with Crippen LogP contribution in [0.1, 0.15) is 28.2 Å². The zero-order chi connectivity index (χ0) is 13.8. The van der Waals surface area contributed by atoms with Crippen molar-refractivity contribution in [1.29, 1.82) is 5.26 Å². The summed E-state index contributed by atoms with van der Waals surface area (Å²) in [5.41, 5.74) is 4.91. The van der Waals surface area contributed by atoms with Gasteiger partial charge >= 0.3 is 0 Å². The van der Waals surface area contributed by atoms with Crippen LogP contribution >= 0.6 is 0 Å². The fourth-order valence-corrected chi connectivity index (χ4v) is 2.13. The predicted molar refractivity (Wildman–Crippen MR) is 72.5 cm³/mol. The molecule has 98 valence electrons. The van der Waals surface area contributed by atoms with E-state index in [1.54, 1.807) is 12.3 Å². The minimum absolute atomic E-state index is 0.439. The molecule has 0 aromatic carbocycles. The maximum Gasteiger partial charge on any atom is 0.140 e. The lowest BCUT2D eigenvalue weighted by Crippen LogP contribution is -2.08. The van der Waals surface area contributed by atoms with Gasteiger partial charge in [0.2, 0.25) is 0 Å². The van der Waals surface area contributed by atoms with E-state index in [1.165, 1.54) is 5.56 Å². The predicted octanol–water partition coefficient (Wildman–Crippen LogP) is 1.53. The van der Waals surface area contributed by atoms with Crippen molar-refractivity contribution in [3.05, 3.63) is 46.5 Å². The van der Waals surface area contributed by atoms with E-state index < -0.39 is 0 Å². The number of rotatable bonds is 4. The summed E-state index contributed by atoms with van der Waals surface area (Å²) in [4.78, 5) is 3.97. The van der Waals surface area contributed by atoms with E-state index in [4.69, 9.17) is 5.26 Å². The molecule has 2 aromatic heterocycles. The first-order chi connectivity index (χ1) is 9.15. The van der Waals surface area contributed by atoms with Gasteiger partial charge in [0.25, 0.3) is 0 Å². The highest BCUT2D eigenvalue weighted by Gasteiger charge is 2.11. The minimum atomic E-state index is 0.439. The zero-order valence-electron chi connectivity index (χ0n) is 11.4. The Hall–Kier alpha value is -2.19. The van der Waals surface area contributed by atoms with Crippen LogP contribution < -0.4 is 5.32 Å². The molecule has 0 bridgehead atoms. The number of nitrogens with one attached hydrogen (secondary N) is 1. The average molecular weight is 255 g/mol. The largest absolute Gasteiger partial charge is 0.316 e. The molecule has 0 fully saturated rings. The van der Waals surface area contributed by atoms with Crippen LogP contribution in [-0.4, -0.2) is 21.8 Å². The highest BCUT2D eigenvalue weighted by Crippen LogP contribution is 2.14. The molecule has 1 N–H and O–H groups in total. The van der Waals surface area contributed by atoms with Crippen LogP contribution in [0, 0.1) is 25.2 Å². The summed E-state index contributed by atoms with van der Waals surface area (Å²) in [6.45, 7) is 5.56. The lowest BCUT2D eigenvalue weighted by atomic mass is 10.2. The number of hydrogen-bond acceptors (Lipinski definition) is 4. The molecule has 2 aromatic rings. The van der Waals surface area contributed by atoms with Gasteiger partial charge in [0, 0.05) is 24.0 Å². The maximum absolute atomic E-state index is 8.86. The molecule has 0 spiro atoms. The van der Waals surface area contributed by atoms with E-state index in [0.717, 1.165) is 23.5 Å². The smallest absolute Gasteiger partial charge is 0.140 e. The molecule has 2 heterocycles. The van der Waals surface area contributed by atoms with Crippen LogP contribution in [0.3, 0.4) is 0 Å². The van der Waals surface area contributed by atoms with Gasteiger partial charge in [0.15, 0.2) is 0 Å². The molecule has 0 atom stereocenters. The summed E-state index contributed by atoms with van der Waals surface area (Å²) < 4.78 is 1.97. The van der Waals surface area contributed by atoms with Gasteiger partial charge in [-0.05, 0) is 38.6 Å². The fraction of sp³-hybridized carbons (Fsp3) is 0.357. The Morgan fingerprint density at radius 3 is 2.89 bits per heavy atom. The van der Waals surface area contributed by atoms with Gasteiger partial charge in [-0.3, -0.25) is 4.68 Å². The van der Waals surface area contributed by atoms with E-state index in [1.807, 2.05) is 24.7 Å². The summed E-state index contributed by atoms with van der Waals surface area (Å²) in [6.07, 6.45) is 1.66. The van der Waals surface area contributed by atoms with Gasteiger partial charge in [-0.2, -0.15) is 10.4 Å². The van der Waals surface area contributed by atoms with Crippen LogP contribution in [0.25, 0.3) is 0 Å².